The van der Waals surface area contributed by atoms with Crippen molar-refractivity contribution in [2.75, 3.05) is 26.2 Å². The number of fused-ring (bicyclic) bond motifs is 1. The first kappa shape index (κ1) is 13.6. The average molecular weight is 246 g/mol. The maximum Gasteiger partial charge on any atom is 0.00768 e. The molecule has 0 aromatic heterocycles. The van der Waals surface area contributed by atoms with Gasteiger partial charge in [-0.05, 0) is 48.9 Å². The van der Waals surface area contributed by atoms with Crippen LogP contribution < -0.4 is 10.6 Å². The SMILES string of the molecule is CC(C)CNCCNCC1Cc2ccccc2C1. The molecule has 0 atom stereocenters. The van der Waals surface area contributed by atoms with Crippen molar-refractivity contribution in [3.63, 3.8) is 0 Å². The van der Waals surface area contributed by atoms with Crippen molar-refractivity contribution < 1.29 is 0 Å². The van der Waals surface area contributed by atoms with Crippen LogP contribution in [0.4, 0.5) is 0 Å². The van der Waals surface area contributed by atoms with Gasteiger partial charge in [0, 0.05) is 13.1 Å². The Morgan fingerprint density at radius 2 is 1.67 bits per heavy atom. The van der Waals surface area contributed by atoms with Crippen LogP contribution in [0, 0.1) is 11.8 Å². The van der Waals surface area contributed by atoms with E-state index in [1.54, 1.807) is 11.1 Å². The second kappa shape index (κ2) is 6.91. The molecule has 0 saturated heterocycles. The molecule has 0 unspecified atom stereocenters. The predicted molar refractivity (Wildman–Crippen MR) is 77.9 cm³/mol. The number of nitrogens with one attached hydrogen (secondary N) is 2. The molecule has 0 radical (unpaired) electrons. The van der Waals surface area contributed by atoms with Crippen molar-refractivity contribution in [3.8, 4) is 0 Å². The molecule has 0 aliphatic heterocycles. The fourth-order valence-electron chi connectivity index (χ4n) is 2.67. The van der Waals surface area contributed by atoms with E-state index >= 15 is 0 Å². The van der Waals surface area contributed by atoms with Crippen molar-refractivity contribution in [2.24, 2.45) is 11.8 Å². The molecule has 2 nitrogen and oxygen atoms in total. The topological polar surface area (TPSA) is 24.1 Å². The molecule has 1 aliphatic rings. The number of benzene rings is 1. The van der Waals surface area contributed by atoms with Gasteiger partial charge in [0.05, 0.1) is 0 Å². The summed E-state index contributed by atoms with van der Waals surface area (Å²) in [6.45, 7) is 8.93. The van der Waals surface area contributed by atoms with Crippen LogP contribution in [0.15, 0.2) is 24.3 Å². The molecule has 2 rings (SSSR count). The first-order valence-corrected chi connectivity index (χ1v) is 7.24. The second-order valence-corrected chi connectivity index (χ2v) is 5.85. The van der Waals surface area contributed by atoms with Crippen molar-refractivity contribution in [2.45, 2.75) is 26.7 Å². The molecule has 0 amide bonds. The zero-order valence-corrected chi connectivity index (χ0v) is 11.7. The Morgan fingerprint density at radius 1 is 1.06 bits per heavy atom. The molecule has 1 aromatic rings. The minimum Gasteiger partial charge on any atom is -0.315 e. The lowest BCUT2D eigenvalue weighted by atomic mass is 10.1. The summed E-state index contributed by atoms with van der Waals surface area (Å²) in [6.07, 6.45) is 2.51. The Morgan fingerprint density at radius 3 is 2.28 bits per heavy atom. The first-order valence-electron chi connectivity index (χ1n) is 7.24. The van der Waals surface area contributed by atoms with Crippen LogP contribution in [0.25, 0.3) is 0 Å². The third kappa shape index (κ3) is 4.11. The van der Waals surface area contributed by atoms with Crippen LogP contribution in [0.1, 0.15) is 25.0 Å². The summed E-state index contributed by atoms with van der Waals surface area (Å²) in [5, 5.41) is 7.04. The zero-order chi connectivity index (χ0) is 12.8. The van der Waals surface area contributed by atoms with Crippen LogP contribution in [-0.2, 0) is 12.8 Å². The van der Waals surface area contributed by atoms with Gasteiger partial charge in [-0.2, -0.15) is 0 Å². The monoisotopic (exact) mass is 246 g/mol. The third-order valence-electron chi connectivity index (χ3n) is 3.60. The van der Waals surface area contributed by atoms with Crippen LogP contribution in [-0.4, -0.2) is 26.2 Å². The Hall–Kier alpha value is -0.860. The minimum absolute atomic E-state index is 0.745. The van der Waals surface area contributed by atoms with E-state index in [0.717, 1.165) is 38.0 Å². The molecule has 18 heavy (non-hydrogen) atoms. The van der Waals surface area contributed by atoms with Crippen LogP contribution >= 0.6 is 0 Å². The maximum atomic E-state index is 3.57. The van der Waals surface area contributed by atoms with E-state index < -0.39 is 0 Å². The fourth-order valence-corrected chi connectivity index (χ4v) is 2.67. The lowest BCUT2D eigenvalue weighted by Gasteiger charge is -2.12. The molecular weight excluding hydrogens is 220 g/mol. The lowest BCUT2D eigenvalue weighted by Crippen LogP contribution is -2.32. The highest BCUT2D eigenvalue weighted by molar-refractivity contribution is 5.32. The van der Waals surface area contributed by atoms with Crippen LogP contribution in [0.3, 0.4) is 0 Å². The normalized spacial score (nSPS) is 15.3. The van der Waals surface area contributed by atoms with Gasteiger partial charge in [-0.25, -0.2) is 0 Å². The van der Waals surface area contributed by atoms with E-state index in [-0.39, 0.29) is 0 Å². The summed E-state index contributed by atoms with van der Waals surface area (Å²) in [7, 11) is 0. The van der Waals surface area contributed by atoms with Crippen molar-refractivity contribution in [1.82, 2.24) is 10.6 Å². The highest BCUT2D eigenvalue weighted by atomic mass is 14.9. The Balaban J connectivity index is 1.57. The van der Waals surface area contributed by atoms with E-state index in [1.807, 2.05) is 0 Å². The summed E-state index contributed by atoms with van der Waals surface area (Å²) >= 11 is 0. The minimum atomic E-state index is 0.745. The molecule has 1 aliphatic carbocycles. The summed E-state index contributed by atoms with van der Waals surface area (Å²) in [4.78, 5) is 0. The fraction of sp³-hybridized carbons (Fsp3) is 0.625. The quantitative estimate of drug-likeness (QED) is 0.721. The Labute approximate surface area is 111 Å². The van der Waals surface area contributed by atoms with Gasteiger partial charge in [-0.15, -0.1) is 0 Å². The smallest absolute Gasteiger partial charge is 0.00768 e. The van der Waals surface area contributed by atoms with Gasteiger partial charge in [0.15, 0.2) is 0 Å². The molecular formula is C16H26N2. The molecule has 1 aromatic carbocycles. The second-order valence-electron chi connectivity index (χ2n) is 5.85. The Bertz CT molecular complexity index is 335. The Kier molecular flexibility index (Phi) is 5.21. The summed E-state index contributed by atoms with van der Waals surface area (Å²) in [5.74, 6) is 1.54. The molecule has 100 valence electrons. The van der Waals surface area contributed by atoms with E-state index in [9.17, 15) is 0 Å². The zero-order valence-electron chi connectivity index (χ0n) is 11.7. The van der Waals surface area contributed by atoms with Crippen molar-refractivity contribution >= 4 is 0 Å². The highest BCUT2D eigenvalue weighted by Crippen LogP contribution is 2.25. The van der Waals surface area contributed by atoms with Crippen molar-refractivity contribution in [1.29, 1.82) is 0 Å². The van der Waals surface area contributed by atoms with Gasteiger partial charge in [0.1, 0.15) is 0 Å². The van der Waals surface area contributed by atoms with Gasteiger partial charge in [0.2, 0.25) is 0 Å². The maximum absolute atomic E-state index is 3.57. The molecule has 0 fully saturated rings. The summed E-state index contributed by atoms with van der Waals surface area (Å²) in [5.41, 5.74) is 3.12. The molecule has 2 heteroatoms. The molecule has 0 bridgehead atoms. The highest BCUT2D eigenvalue weighted by Gasteiger charge is 2.19. The van der Waals surface area contributed by atoms with Crippen LogP contribution in [0.2, 0.25) is 0 Å². The number of hydrogen-bond acceptors (Lipinski definition) is 2. The number of hydrogen-bond donors (Lipinski definition) is 2. The van der Waals surface area contributed by atoms with Gasteiger partial charge in [0.25, 0.3) is 0 Å². The van der Waals surface area contributed by atoms with Gasteiger partial charge < -0.3 is 10.6 Å². The third-order valence-corrected chi connectivity index (χ3v) is 3.60. The van der Waals surface area contributed by atoms with Crippen molar-refractivity contribution in [3.05, 3.63) is 35.4 Å². The summed E-state index contributed by atoms with van der Waals surface area (Å²) < 4.78 is 0. The summed E-state index contributed by atoms with van der Waals surface area (Å²) in [6, 6.07) is 8.87. The lowest BCUT2D eigenvalue weighted by molar-refractivity contribution is 0.480. The average Bonchev–Trinajstić information content (AvgIpc) is 2.75. The largest absolute Gasteiger partial charge is 0.315 e. The van der Waals surface area contributed by atoms with E-state index in [2.05, 4.69) is 48.7 Å². The van der Waals surface area contributed by atoms with Gasteiger partial charge in [-0.3, -0.25) is 0 Å². The van der Waals surface area contributed by atoms with E-state index in [4.69, 9.17) is 0 Å². The molecule has 2 N–H and O–H groups in total. The predicted octanol–water partition coefficient (Wildman–Crippen LogP) is 2.24. The molecule has 0 heterocycles. The van der Waals surface area contributed by atoms with Crippen LogP contribution in [0.5, 0.6) is 0 Å². The van der Waals surface area contributed by atoms with E-state index in [0.29, 0.717) is 0 Å². The molecule has 0 spiro atoms. The molecule has 0 saturated carbocycles. The van der Waals surface area contributed by atoms with Gasteiger partial charge in [-0.1, -0.05) is 38.1 Å². The van der Waals surface area contributed by atoms with Gasteiger partial charge >= 0.3 is 0 Å². The van der Waals surface area contributed by atoms with E-state index in [1.165, 1.54) is 12.8 Å². The standard InChI is InChI=1S/C16H26N2/c1-13(2)11-17-7-8-18-12-14-9-15-5-3-4-6-16(15)10-14/h3-6,13-14,17-18H,7-12H2,1-2H3. The number of rotatable bonds is 7. The first-order chi connectivity index (χ1) is 8.75.